The molecule has 1 aromatic heterocycles. The number of rotatable bonds is 6. The Kier molecular flexibility index (Phi) is 7.36. The number of benzene rings is 1. The molecule has 1 amide bonds. The molecule has 2 N–H and O–H groups in total. The minimum Gasteiger partial charge on any atom is -0.326 e. The highest BCUT2D eigenvalue weighted by atomic mass is 79.9. The van der Waals surface area contributed by atoms with Crippen LogP contribution in [0.5, 0.6) is 0 Å². The van der Waals surface area contributed by atoms with E-state index in [0.29, 0.717) is 10.8 Å². The first-order valence-electron chi connectivity index (χ1n) is 9.06. The van der Waals surface area contributed by atoms with E-state index in [-0.39, 0.29) is 17.7 Å². The topological polar surface area (TPSA) is 75.3 Å². The van der Waals surface area contributed by atoms with E-state index in [0.717, 1.165) is 45.2 Å². The second kappa shape index (κ2) is 9.38. The molecule has 1 aromatic carbocycles. The molecule has 9 heteroatoms. The molecule has 0 unspecified atom stereocenters. The number of sulfonamides is 1. The maximum absolute atomic E-state index is 12.6. The van der Waals surface area contributed by atoms with Gasteiger partial charge in [0.15, 0.2) is 0 Å². The smallest absolute Gasteiger partial charge is 0.250 e. The van der Waals surface area contributed by atoms with Gasteiger partial charge in [-0.25, -0.2) is 13.1 Å². The van der Waals surface area contributed by atoms with Crippen LogP contribution in [0.2, 0.25) is 0 Å². The van der Waals surface area contributed by atoms with Crippen LogP contribution < -0.4 is 10.0 Å². The van der Waals surface area contributed by atoms with E-state index in [1.807, 2.05) is 25.1 Å². The van der Waals surface area contributed by atoms with E-state index in [9.17, 15) is 13.2 Å². The van der Waals surface area contributed by atoms with Crippen LogP contribution >= 0.6 is 43.2 Å². The SMILES string of the molecule is Cc1cc(Br)ccc1NC(=O)C1CCC(CNS(=O)(=O)c2ccc(Br)s2)CC1. The molecule has 5 nitrogen and oxygen atoms in total. The predicted octanol–water partition coefficient (Wildman–Crippen LogP) is 5.30. The summed E-state index contributed by atoms with van der Waals surface area (Å²) in [6, 6.07) is 9.13. The summed E-state index contributed by atoms with van der Waals surface area (Å²) in [6.45, 7) is 2.38. The van der Waals surface area contributed by atoms with Crippen molar-refractivity contribution in [2.24, 2.45) is 11.8 Å². The minimum absolute atomic E-state index is 0.0239. The third-order valence-electron chi connectivity index (χ3n) is 5.04. The molecule has 3 rings (SSSR count). The third kappa shape index (κ3) is 5.66. The van der Waals surface area contributed by atoms with Gasteiger partial charge >= 0.3 is 0 Å². The summed E-state index contributed by atoms with van der Waals surface area (Å²) in [6.07, 6.45) is 3.23. The van der Waals surface area contributed by atoms with E-state index in [2.05, 4.69) is 41.9 Å². The van der Waals surface area contributed by atoms with Crippen LogP contribution in [0.4, 0.5) is 5.69 Å². The van der Waals surface area contributed by atoms with Gasteiger partial charge in [-0.15, -0.1) is 11.3 Å². The molecule has 1 heterocycles. The lowest BCUT2D eigenvalue weighted by Crippen LogP contribution is -2.33. The molecule has 28 heavy (non-hydrogen) atoms. The van der Waals surface area contributed by atoms with E-state index < -0.39 is 10.0 Å². The number of amides is 1. The van der Waals surface area contributed by atoms with Crippen LogP contribution in [-0.2, 0) is 14.8 Å². The number of carbonyl (C=O) groups is 1. The van der Waals surface area contributed by atoms with Crippen molar-refractivity contribution in [1.82, 2.24) is 4.72 Å². The monoisotopic (exact) mass is 548 g/mol. The summed E-state index contributed by atoms with van der Waals surface area (Å²) >= 11 is 7.92. The average molecular weight is 550 g/mol. The first-order valence-corrected chi connectivity index (χ1v) is 12.9. The molecule has 1 fully saturated rings. The van der Waals surface area contributed by atoms with Crippen LogP contribution in [0.15, 0.2) is 42.8 Å². The van der Waals surface area contributed by atoms with Gasteiger partial charge in [0.25, 0.3) is 0 Å². The van der Waals surface area contributed by atoms with E-state index >= 15 is 0 Å². The Morgan fingerprint density at radius 3 is 2.46 bits per heavy atom. The highest BCUT2D eigenvalue weighted by Crippen LogP contribution is 2.31. The molecule has 1 aliphatic rings. The zero-order chi connectivity index (χ0) is 20.3. The number of thiophene rings is 1. The largest absolute Gasteiger partial charge is 0.326 e. The van der Waals surface area contributed by atoms with Crippen LogP contribution in [0.25, 0.3) is 0 Å². The number of nitrogens with one attached hydrogen (secondary N) is 2. The van der Waals surface area contributed by atoms with Crippen LogP contribution in [0, 0.1) is 18.8 Å². The van der Waals surface area contributed by atoms with Gasteiger partial charge in [0, 0.05) is 22.6 Å². The van der Waals surface area contributed by atoms with Crippen molar-refractivity contribution in [3.63, 3.8) is 0 Å². The molecule has 0 bridgehead atoms. The maximum atomic E-state index is 12.6. The fourth-order valence-corrected chi connectivity index (χ4v) is 7.02. The zero-order valence-corrected chi connectivity index (χ0v) is 20.2. The Hall–Kier alpha value is -0.740. The normalized spacial score (nSPS) is 20.1. The van der Waals surface area contributed by atoms with Gasteiger partial charge in [-0.05, 0) is 90.4 Å². The molecule has 152 valence electrons. The summed E-state index contributed by atoms with van der Waals surface area (Å²) in [5.41, 5.74) is 1.86. The molecule has 0 atom stereocenters. The summed E-state index contributed by atoms with van der Waals surface area (Å²) in [4.78, 5) is 12.6. The van der Waals surface area contributed by atoms with Crippen molar-refractivity contribution in [2.45, 2.75) is 36.8 Å². The summed E-state index contributed by atoms with van der Waals surface area (Å²) in [5.74, 6) is 0.286. The average Bonchev–Trinajstić information content (AvgIpc) is 3.10. The van der Waals surface area contributed by atoms with Gasteiger partial charge in [0.2, 0.25) is 15.9 Å². The van der Waals surface area contributed by atoms with Crippen molar-refractivity contribution < 1.29 is 13.2 Å². The Morgan fingerprint density at radius 2 is 1.86 bits per heavy atom. The van der Waals surface area contributed by atoms with Crippen molar-refractivity contribution >= 4 is 64.8 Å². The zero-order valence-electron chi connectivity index (χ0n) is 15.4. The molecule has 0 aliphatic heterocycles. The van der Waals surface area contributed by atoms with Gasteiger partial charge in [-0.1, -0.05) is 15.9 Å². The molecular formula is C19H22Br2N2O3S2. The summed E-state index contributed by atoms with van der Waals surface area (Å²) in [7, 11) is -3.46. The Labute approximate surface area is 186 Å². The Bertz CT molecular complexity index is 952. The Morgan fingerprint density at radius 1 is 1.14 bits per heavy atom. The lowest BCUT2D eigenvalue weighted by molar-refractivity contribution is -0.121. The van der Waals surface area contributed by atoms with Crippen LogP contribution in [0.3, 0.4) is 0 Å². The second-order valence-electron chi connectivity index (χ2n) is 7.08. The molecule has 0 spiro atoms. The first kappa shape index (κ1) is 22.0. The first-order chi connectivity index (χ1) is 13.2. The predicted molar refractivity (Wildman–Crippen MR) is 120 cm³/mol. The van der Waals surface area contributed by atoms with Crippen LogP contribution in [0.1, 0.15) is 31.2 Å². The fraction of sp³-hybridized carbons (Fsp3) is 0.421. The quantitative estimate of drug-likeness (QED) is 0.513. The molecule has 2 aromatic rings. The fourth-order valence-electron chi connectivity index (χ4n) is 3.37. The Balaban J connectivity index is 1.48. The highest BCUT2D eigenvalue weighted by molar-refractivity contribution is 9.11. The van der Waals surface area contributed by atoms with Crippen molar-refractivity contribution in [3.8, 4) is 0 Å². The number of anilines is 1. The van der Waals surface area contributed by atoms with E-state index in [1.165, 1.54) is 11.3 Å². The summed E-state index contributed by atoms with van der Waals surface area (Å²) < 4.78 is 29.5. The number of halogens is 2. The van der Waals surface area contributed by atoms with Crippen molar-refractivity contribution in [1.29, 1.82) is 0 Å². The highest BCUT2D eigenvalue weighted by Gasteiger charge is 2.28. The van der Waals surface area contributed by atoms with Crippen LogP contribution in [-0.4, -0.2) is 20.9 Å². The molecule has 1 aliphatic carbocycles. The molecule has 0 radical (unpaired) electrons. The van der Waals surface area contributed by atoms with Gasteiger partial charge in [-0.3, -0.25) is 4.79 Å². The van der Waals surface area contributed by atoms with Crippen molar-refractivity contribution in [3.05, 3.63) is 44.2 Å². The van der Waals surface area contributed by atoms with E-state index in [1.54, 1.807) is 12.1 Å². The number of hydrogen-bond acceptors (Lipinski definition) is 4. The lowest BCUT2D eigenvalue weighted by atomic mass is 9.81. The summed E-state index contributed by atoms with van der Waals surface area (Å²) in [5, 5.41) is 3.03. The van der Waals surface area contributed by atoms with Crippen molar-refractivity contribution in [2.75, 3.05) is 11.9 Å². The van der Waals surface area contributed by atoms with Gasteiger partial charge in [0.05, 0.1) is 3.79 Å². The molecule has 0 saturated heterocycles. The maximum Gasteiger partial charge on any atom is 0.250 e. The standard InChI is InChI=1S/C19H22Br2N2O3S2/c1-12-10-15(20)6-7-16(12)23-19(24)14-4-2-13(3-5-14)11-22-28(25,26)18-9-8-17(21)27-18/h6-10,13-14,22H,2-5,11H2,1H3,(H,23,24). The number of carbonyl (C=O) groups excluding carboxylic acids is 1. The lowest BCUT2D eigenvalue weighted by Gasteiger charge is -2.28. The molecule has 1 saturated carbocycles. The van der Waals surface area contributed by atoms with Gasteiger partial charge in [0.1, 0.15) is 4.21 Å². The number of aryl methyl sites for hydroxylation is 1. The second-order valence-corrected chi connectivity index (χ2v) is 12.4. The van der Waals surface area contributed by atoms with E-state index in [4.69, 9.17) is 0 Å². The van der Waals surface area contributed by atoms with Gasteiger partial charge < -0.3 is 5.32 Å². The number of hydrogen-bond donors (Lipinski definition) is 2. The van der Waals surface area contributed by atoms with Gasteiger partial charge in [-0.2, -0.15) is 0 Å². The minimum atomic E-state index is -3.46. The third-order valence-corrected chi connectivity index (χ3v) is 9.07. The molecular weight excluding hydrogens is 528 g/mol.